The van der Waals surface area contributed by atoms with E-state index >= 15 is 0 Å². The summed E-state index contributed by atoms with van der Waals surface area (Å²) in [5.41, 5.74) is -0.0113. The van der Waals surface area contributed by atoms with Gasteiger partial charge in [-0.25, -0.2) is 4.79 Å². The van der Waals surface area contributed by atoms with Crippen molar-refractivity contribution in [2.24, 2.45) is 0 Å². The lowest BCUT2D eigenvalue weighted by Crippen LogP contribution is -2.14. The zero-order valence-electron chi connectivity index (χ0n) is 9.85. The molecule has 0 aliphatic rings. The molecule has 0 unspecified atom stereocenters. The average Bonchev–Trinajstić information content (AvgIpc) is 2.45. The highest BCUT2D eigenvalue weighted by Gasteiger charge is 2.13. The van der Waals surface area contributed by atoms with E-state index in [0.717, 1.165) is 16.2 Å². The molecule has 1 aromatic heterocycles. The van der Waals surface area contributed by atoms with Crippen molar-refractivity contribution < 1.29 is 9.21 Å². The number of rotatable bonds is 2. The minimum Gasteiger partial charge on any atom is -0.422 e. The molecule has 0 atom stereocenters. The number of hydrogen-bond donors (Lipinski definition) is 0. The molecular formula is C15H9BrO3. The number of Topliss-reactive ketones (excluding diaryl/α,β-unsaturated/α-hetero) is 1. The second kappa shape index (κ2) is 4.63. The summed E-state index contributed by atoms with van der Waals surface area (Å²) in [6.07, 6.45) is 0. The van der Waals surface area contributed by atoms with Crippen LogP contribution in [0, 0.1) is 0 Å². The Morgan fingerprint density at radius 3 is 2.68 bits per heavy atom. The molecular weight excluding hydrogens is 308 g/mol. The van der Waals surface area contributed by atoms with Crippen LogP contribution >= 0.6 is 15.9 Å². The van der Waals surface area contributed by atoms with Crippen LogP contribution in [0.5, 0.6) is 0 Å². The van der Waals surface area contributed by atoms with E-state index in [-0.39, 0.29) is 16.7 Å². The van der Waals surface area contributed by atoms with Crippen molar-refractivity contribution >= 4 is 43.5 Å². The molecule has 0 saturated heterocycles. The van der Waals surface area contributed by atoms with E-state index in [1.54, 1.807) is 12.1 Å². The van der Waals surface area contributed by atoms with Crippen molar-refractivity contribution in [1.29, 1.82) is 0 Å². The summed E-state index contributed by atoms with van der Waals surface area (Å²) < 4.78 is 5.23. The van der Waals surface area contributed by atoms with Crippen molar-refractivity contribution in [3.63, 3.8) is 0 Å². The highest BCUT2D eigenvalue weighted by atomic mass is 79.9. The predicted octanol–water partition coefficient (Wildman–Crippen LogP) is 3.52. The molecule has 0 radical (unpaired) electrons. The zero-order valence-corrected chi connectivity index (χ0v) is 11.4. The van der Waals surface area contributed by atoms with Crippen molar-refractivity contribution in [3.8, 4) is 0 Å². The Bertz CT molecular complexity index is 849. The highest BCUT2D eigenvalue weighted by Crippen LogP contribution is 2.25. The summed E-state index contributed by atoms with van der Waals surface area (Å²) >= 11 is 3.07. The molecule has 3 nitrogen and oxygen atoms in total. The first kappa shape index (κ1) is 12.1. The number of carbonyl (C=O) groups is 1. The lowest BCUT2D eigenvalue weighted by atomic mass is 10.0. The normalized spacial score (nSPS) is 11.0. The third kappa shape index (κ3) is 1.98. The van der Waals surface area contributed by atoms with Gasteiger partial charge in [-0.1, -0.05) is 46.3 Å². The van der Waals surface area contributed by atoms with Crippen LogP contribution in [0.1, 0.15) is 10.4 Å². The maximum atomic E-state index is 11.8. The van der Waals surface area contributed by atoms with Gasteiger partial charge in [0.1, 0.15) is 11.1 Å². The first-order chi connectivity index (χ1) is 9.20. The number of hydrogen-bond acceptors (Lipinski definition) is 3. The van der Waals surface area contributed by atoms with Gasteiger partial charge >= 0.3 is 5.63 Å². The zero-order chi connectivity index (χ0) is 13.4. The molecule has 0 bridgehead atoms. The van der Waals surface area contributed by atoms with Gasteiger partial charge in [-0.3, -0.25) is 4.79 Å². The van der Waals surface area contributed by atoms with Gasteiger partial charge < -0.3 is 4.42 Å². The second-order valence-electron chi connectivity index (χ2n) is 4.20. The second-order valence-corrected chi connectivity index (χ2v) is 4.76. The molecule has 0 saturated carbocycles. The summed E-state index contributed by atoms with van der Waals surface area (Å²) in [5, 5.41) is 2.89. The third-order valence-corrected chi connectivity index (χ3v) is 3.57. The molecule has 0 aliphatic heterocycles. The Balaban J connectivity index is 2.45. The van der Waals surface area contributed by atoms with E-state index in [2.05, 4.69) is 15.9 Å². The first-order valence-electron chi connectivity index (χ1n) is 5.75. The fourth-order valence-corrected chi connectivity index (χ4v) is 2.44. The largest absolute Gasteiger partial charge is 0.422 e. The number of alkyl halides is 1. The molecule has 0 amide bonds. The lowest BCUT2D eigenvalue weighted by Gasteiger charge is -2.04. The van der Waals surface area contributed by atoms with Crippen molar-refractivity contribution in [2.45, 2.75) is 0 Å². The van der Waals surface area contributed by atoms with Gasteiger partial charge in [0.2, 0.25) is 0 Å². The topological polar surface area (TPSA) is 47.3 Å². The average molecular weight is 317 g/mol. The summed E-state index contributed by atoms with van der Waals surface area (Å²) in [6, 6.07) is 13.0. The van der Waals surface area contributed by atoms with E-state index in [0.29, 0.717) is 5.58 Å². The van der Waals surface area contributed by atoms with E-state index in [9.17, 15) is 9.59 Å². The summed E-state index contributed by atoms with van der Waals surface area (Å²) in [7, 11) is 0. The summed E-state index contributed by atoms with van der Waals surface area (Å²) in [6.45, 7) is 0. The maximum absolute atomic E-state index is 11.8. The number of benzene rings is 2. The number of halogens is 1. The Labute approximate surface area is 117 Å². The van der Waals surface area contributed by atoms with Crippen molar-refractivity contribution in [2.75, 3.05) is 5.33 Å². The molecule has 0 N–H and O–H groups in total. The van der Waals surface area contributed by atoms with Crippen LogP contribution in [0.25, 0.3) is 21.7 Å². The molecule has 0 fully saturated rings. The number of carbonyl (C=O) groups excluding carboxylic acids is 1. The van der Waals surface area contributed by atoms with Crippen LogP contribution in [0.4, 0.5) is 0 Å². The molecule has 2 aromatic carbocycles. The quantitative estimate of drug-likeness (QED) is 0.314. The molecule has 19 heavy (non-hydrogen) atoms. The minimum atomic E-state index is -0.591. The first-order valence-corrected chi connectivity index (χ1v) is 6.87. The van der Waals surface area contributed by atoms with Crippen molar-refractivity contribution in [3.05, 3.63) is 58.4 Å². The lowest BCUT2D eigenvalue weighted by molar-refractivity contribution is 0.102. The van der Waals surface area contributed by atoms with E-state index < -0.39 is 5.63 Å². The standard InChI is InChI=1S/C15H9BrO3/c16-8-13(17)12-7-11-10-4-2-1-3-9(10)5-6-14(11)19-15(12)18/h1-7H,8H2. The fraction of sp³-hybridized carbons (Fsp3) is 0.0667. The molecule has 4 heteroatoms. The summed E-state index contributed by atoms with van der Waals surface area (Å²) in [5.74, 6) is -0.274. The maximum Gasteiger partial charge on any atom is 0.347 e. The monoisotopic (exact) mass is 316 g/mol. The van der Waals surface area contributed by atoms with Gasteiger partial charge in [0.15, 0.2) is 5.78 Å². The Hall–Kier alpha value is -1.94. The van der Waals surface area contributed by atoms with E-state index in [4.69, 9.17) is 4.42 Å². The van der Waals surface area contributed by atoms with Crippen molar-refractivity contribution in [1.82, 2.24) is 0 Å². The van der Waals surface area contributed by atoms with Crippen LogP contribution in [0.2, 0.25) is 0 Å². The molecule has 3 rings (SSSR count). The predicted molar refractivity (Wildman–Crippen MR) is 78.1 cm³/mol. The molecule has 1 heterocycles. The van der Waals surface area contributed by atoms with Gasteiger partial charge in [-0.15, -0.1) is 0 Å². The van der Waals surface area contributed by atoms with Crippen LogP contribution < -0.4 is 5.63 Å². The summed E-state index contributed by atoms with van der Waals surface area (Å²) in [4.78, 5) is 23.5. The molecule has 3 aromatic rings. The molecule has 0 aliphatic carbocycles. The molecule has 0 spiro atoms. The fourth-order valence-electron chi connectivity index (χ4n) is 2.14. The Morgan fingerprint density at radius 1 is 1.11 bits per heavy atom. The van der Waals surface area contributed by atoms with E-state index in [1.807, 2.05) is 30.3 Å². The van der Waals surface area contributed by atoms with Gasteiger partial charge in [0.05, 0.1) is 5.33 Å². The SMILES string of the molecule is O=C(CBr)c1cc2c(ccc3ccccc32)oc1=O. The smallest absolute Gasteiger partial charge is 0.347 e. The van der Waals surface area contributed by atoms with E-state index in [1.165, 1.54) is 0 Å². The number of ketones is 1. The third-order valence-electron chi connectivity index (χ3n) is 3.06. The minimum absolute atomic E-state index is 0.0840. The highest BCUT2D eigenvalue weighted by molar-refractivity contribution is 9.09. The van der Waals surface area contributed by atoms with Gasteiger partial charge in [0.25, 0.3) is 0 Å². The van der Waals surface area contributed by atoms with Gasteiger partial charge in [-0.05, 0) is 22.9 Å². The van der Waals surface area contributed by atoms with Crippen LogP contribution in [-0.2, 0) is 0 Å². The Morgan fingerprint density at radius 2 is 1.89 bits per heavy atom. The van der Waals surface area contributed by atoms with Crippen LogP contribution in [-0.4, -0.2) is 11.1 Å². The Kier molecular flexibility index (Phi) is 2.95. The van der Waals surface area contributed by atoms with Gasteiger partial charge in [-0.2, -0.15) is 0 Å². The van der Waals surface area contributed by atoms with Crippen LogP contribution in [0.3, 0.4) is 0 Å². The number of fused-ring (bicyclic) bond motifs is 3. The van der Waals surface area contributed by atoms with Crippen LogP contribution in [0.15, 0.2) is 51.7 Å². The van der Waals surface area contributed by atoms with Gasteiger partial charge in [0, 0.05) is 5.39 Å². The molecule has 94 valence electrons.